The zero-order chi connectivity index (χ0) is 16.1. The first kappa shape index (κ1) is 18.7. The Bertz CT molecular complexity index is 345. The van der Waals surface area contributed by atoms with Gasteiger partial charge in [0.05, 0.1) is 6.04 Å². The van der Waals surface area contributed by atoms with Crippen LogP contribution in [0.15, 0.2) is 0 Å². The van der Waals surface area contributed by atoms with Crippen LogP contribution in [0.2, 0.25) is 0 Å². The number of rotatable bonds is 6. The van der Waals surface area contributed by atoms with E-state index in [4.69, 9.17) is 5.73 Å². The van der Waals surface area contributed by atoms with E-state index in [9.17, 15) is 22.8 Å². The van der Waals surface area contributed by atoms with Crippen LogP contribution in [0, 0.1) is 5.92 Å². The minimum absolute atomic E-state index is 0.257. The maximum Gasteiger partial charge on any atom is 0.406 e. The lowest BCUT2D eigenvalue weighted by Crippen LogP contribution is -2.52. The number of carbonyl (C=O) groups excluding carboxylic acids is 2. The maximum atomic E-state index is 12.5. The predicted octanol–water partition coefficient (Wildman–Crippen LogP) is 0.839. The summed E-state index contributed by atoms with van der Waals surface area (Å²) in [5, 5.41) is 0. The third kappa shape index (κ3) is 6.23. The predicted molar refractivity (Wildman–Crippen MR) is 68.8 cm³/mol. The molecule has 0 saturated heterocycles. The van der Waals surface area contributed by atoms with E-state index >= 15 is 0 Å². The van der Waals surface area contributed by atoms with Crippen molar-refractivity contribution in [3.05, 3.63) is 0 Å². The Hall–Kier alpha value is -1.31. The first-order valence-electron chi connectivity index (χ1n) is 6.30. The molecule has 2 amide bonds. The largest absolute Gasteiger partial charge is 0.406 e. The second-order valence-electron chi connectivity index (χ2n) is 5.01. The molecule has 0 spiro atoms. The van der Waals surface area contributed by atoms with Gasteiger partial charge in [0.15, 0.2) is 0 Å². The lowest BCUT2D eigenvalue weighted by Gasteiger charge is -2.29. The molecule has 2 atom stereocenters. The van der Waals surface area contributed by atoms with Gasteiger partial charge in [-0.05, 0) is 5.92 Å². The van der Waals surface area contributed by atoms with Crippen LogP contribution in [0.5, 0.6) is 0 Å². The summed E-state index contributed by atoms with van der Waals surface area (Å²) >= 11 is 0. The molecule has 0 heterocycles. The molecule has 0 aromatic heterocycles. The van der Waals surface area contributed by atoms with Gasteiger partial charge in [-0.1, -0.05) is 20.3 Å². The van der Waals surface area contributed by atoms with Crippen molar-refractivity contribution >= 4 is 11.8 Å². The van der Waals surface area contributed by atoms with Crippen LogP contribution in [-0.2, 0) is 9.59 Å². The highest BCUT2D eigenvalue weighted by Crippen LogP contribution is 2.18. The maximum absolute atomic E-state index is 12.5. The van der Waals surface area contributed by atoms with E-state index in [1.54, 1.807) is 13.8 Å². The second kappa shape index (κ2) is 7.47. The number of hydrogen-bond acceptors (Lipinski definition) is 3. The van der Waals surface area contributed by atoms with Crippen molar-refractivity contribution in [1.29, 1.82) is 0 Å². The number of carbonyl (C=O) groups is 2. The molecule has 0 fully saturated rings. The number of hydrogen-bond donors (Lipinski definition) is 1. The Morgan fingerprint density at radius 3 is 2.10 bits per heavy atom. The van der Waals surface area contributed by atoms with Crippen LogP contribution < -0.4 is 5.73 Å². The van der Waals surface area contributed by atoms with Crippen LogP contribution >= 0.6 is 0 Å². The molecule has 0 radical (unpaired) electrons. The van der Waals surface area contributed by atoms with Crippen molar-refractivity contribution in [1.82, 2.24) is 9.80 Å². The normalized spacial score (nSPS) is 14.6. The van der Waals surface area contributed by atoms with Gasteiger partial charge in [-0.15, -0.1) is 0 Å². The summed E-state index contributed by atoms with van der Waals surface area (Å²) in [7, 11) is 2.82. The minimum atomic E-state index is -4.57. The van der Waals surface area contributed by atoms with E-state index in [-0.39, 0.29) is 5.92 Å². The number of nitrogens with zero attached hydrogens (tertiary/aromatic N) is 2. The molecule has 0 aromatic carbocycles. The first-order chi connectivity index (χ1) is 8.99. The fourth-order valence-electron chi connectivity index (χ4n) is 1.44. The van der Waals surface area contributed by atoms with E-state index in [2.05, 4.69) is 0 Å². The summed E-state index contributed by atoms with van der Waals surface area (Å²) in [4.78, 5) is 25.1. The Labute approximate surface area is 116 Å². The van der Waals surface area contributed by atoms with Gasteiger partial charge in [-0.25, -0.2) is 0 Å². The van der Waals surface area contributed by atoms with Gasteiger partial charge < -0.3 is 15.5 Å². The van der Waals surface area contributed by atoms with Gasteiger partial charge in [0.25, 0.3) is 0 Å². The Morgan fingerprint density at radius 2 is 1.75 bits per heavy atom. The van der Waals surface area contributed by atoms with Gasteiger partial charge in [-0.2, -0.15) is 13.2 Å². The molecule has 8 heteroatoms. The van der Waals surface area contributed by atoms with Gasteiger partial charge in [0.1, 0.15) is 13.1 Å². The minimum Gasteiger partial charge on any atom is -0.347 e. The fraction of sp³-hybridized carbons (Fsp3) is 0.833. The molecule has 0 aliphatic heterocycles. The zero-order valence-corrected chi connectivity index (χ0v) is 12.2. The lowest BCUT2D eigenvalue weighted by molar-refractivity contribution is -0.165. The zero-order valence-electron chi connectivity index (χ0n) is 12.2. The van der Waals surface area contributed by atoms with E-state index in [0.29, 0.717) is 11.3 Å². The molecule has 0 aliphatic carbocycles. The number of amides is 2. The average molecular weight is 297 g/mol. The van der Waals surface area contributed by atoms with Crippen LogP contribution in [0.3, 0.4) is 0 Å². The molecule has 118 valence electrons. The third-order valence-electron chi connectivity index (χ3n) is 3.05. The summed E-state index contributed by atoms with van der Waals surface area (Å²) in [6.07, 6.45) is -4.01. The number of halogens is 3. The highest BCUT2D eigenvalue weighted by Gasteiger charge is 2.36. The van der Waals surface area contributed by atoms with Crippen molar-refractivity contribution in [2.24, 2.45) is 11.7 Å². The van der Waals surface area contributed by atoms with Crippen molar-refractivity contribution in [2.45, 2.75) is 32.5 Å². The van der Waals surface area contributed by atoms with Crippen LogP contribution in [0.1, 0.15) is 20.3 Å². The number of likely N-dealkylation sites (N-methyl/N-ethyl adjacent to an activating group) is 1. The van der Waals surface area contributed by atoms with E-state index < -0.39 is 37.1 Å². The molecule has 20 heavy (non-hydrogen) atoms. The van der Waals surface area contributed by atoms with Crippen molar-refractivity contribution < 1.29 is 22.8 Å². The third-order valence-corrected chi connectivity index (χ3v) is 3.05. The Balaban J connectivity index is 5.01. The second-order valence-corrected chi connectivity index (χ2v) is 5.01. The Kier molecular flexibility index (Phi) is 6.98. The van der Waals surface area contributed by atoms with Crippen molar-refractivity contribution in [3.63, 3.8) is 0 Å². The molecular weight excluding hydrogens is 275 g/mol. The van der Waals surface area contributed by atoms with Crippen molar-refractivity contribution in [2.75, 3.05) is 27.2 Å². The van der Waals surface area contributed by atoms with Gasteiger partial charge in [0, 0.05) is 14.1 Å². The van der Waals surface area contributed by atoms with Gasteiger partial charge in [-0.3, -0.25) is 9.59 Å². The monoisotopic (exact) mass is 297 g/mol. The number of alkyl halides is 3. The van der Waals surface area contributed by atoms with E-state index in [1.807, 2.05) is 0 Å². The average Bonchev–Trinajstić information content (AvgIpc) is 2.33. The van der Waals surface area contributed by atoms with Crippen molar-refractivity contribution in [3.8, 4) is 0 Å². The molecular formula is C12H22F3N3O2. The molecule has 2 N–H and O–H groups in total. The molecule has 0 aliphatic rings. The van der Waals surface area contributed by atoms with E-state index in [0.717, 1.165) is 4.90 Å². The van der Waals surface area contributed by atoms with Crippen LogP contribution in [-0.4, -0.2) is 61.0 Å². The molecule has 1 unspecified atom stereocenters. The van der Waals surface area contributed by atoms with Crippen LogP contribution in [0.25, 0.3) is 0 Å². The molecule has 0 rings (SSSR count). The fourth-order valence-corrected chi connectivity index (χ4v) is 1.44. The standard InChI is InChI=1S/C12H22F3N3O2/c1-5-8(2)10(16)11(20)18(7-12(13,14)15)6-9(19)17(3)4/h8,10H,5-7,16H2,1-4H3/t8?,10-/m0/s1. The molecule has 0 saturated carbocycles. The molecule has 0 bridgehead atoms. The quantitative estimate of drug-likeness (QED) is 0.790. The molecule has 0 aromatic rings. The molecule has 5 nitrogen and oxygen atoms in total. The van der Waals surface area contributed by atoms with E-state index in [1.165, 1.54) is 14.1 Å². The van der Waals surface area contributed by atoms with Gasteiger partial charge in [0.2, 0.25) is 11.8 Å². The highest BCUT2D eigenvalue weighted by molar-refractivity contribution is 5.87. The summed E-state index contributed by atoms with van der Waals surface area (Å²) in [5.74, 6) is -1.70. The first-order valence-corrected chi connectivity index (χ1v) is 6.30. The lowest BCUT2D eigenvalue weighted by atomic mass is 9.99. The van der Waals surface area contributed by atoms with Gasteiger partial charge >= 0.3 is 6.18 Å². The summed E-state index contributed by atoms with van der Waals surface area (Å²) in [6.45, 7) is 1.37. The van der Waals surface area contributed by atoms with Crippen LogP contribution in [0.4, 0.5) is 13.2 Å². The summed E-state index contributed by atoms with van der Waals surface area (Å²) in [5.41, 5.74) is 5.66. The highest BCUT2D eigenvalue weighted by atomic mass is 19.4. The summed E-state index contributed by atoms with van der Waals surface area (Å²) in [6, 6.07) is -1.04. The number of nitrogens with two attached hydrogens (primary N) is 1. The Morgan fingerprint density at radius 1 is 1.25 bits per heavy atom. The summed E-state index contributed by atoms with van der Waals surface area (Å²) < 4.78 is 37.5. The topological polar surface area (TPSA) is 66.6 Å². The SMILES string of the molecule is CCC(C)[C@H](N)C(=O)N(CC(=O)N(C)C)CC(F)(F)F. The smallest absolute Gasteiger partial charge is 0.347 e.